The molecule has 4 aromatic rings. The van der Waals surface area contributed by atoms with Crippen LogP contribution in [0.3, 0.4) is 0 Å². The molecule has 1 saturated carbocycles. The minimum Gasteiger partial charge on any atom is -0.485 e. The highest BCUT2D eigenvalue weighted by Crippen LogP contribution is 2.41. The van der Waals surface area contributed by atoms with Crippen LogP contribution < -0.4 is 10.1 Å². The Morgan fingerprint density at radius 3 is 2.76 bits per heavy atom. The van der Waals surface area contributed by atoms with E-state index < -0.39 is 0 Å². The molecule has 0 bridgehead atoms. The summed E-state index contributed by atoms with van der Waals surface area (Å²) in [6.07, 6.45) is 8.11. The third-order valence-electron chi connectivity index (χ3n) is 4.96. The second-order valence-electron chi connectivity index (χ2n) is 7.23. The standard InChI is InChI=1S/C22H20ClN5O/c23-20-9-21(26-14-25-20)24-10-18-12-28-11-17(16-6-7-16)8-19(22(28)27-18)29-13-15-4-2-1-3-5-15/h1-5,8-9,11-12,14,16H,6-7,10,13H2,(H,24,25,26). The van der Waals surface area contributed by atoms with Gasteiger partial charge in [0.25, 0.3) is 0 Å². The van der Waals surface area contributed by atoms with Crippen LogP contribution in [0.25, 0.3) is 5.65 Å². The molecule has 1 aliphatic carbocycles. The molecule has 0 atom stereocenters. The third-order valence-corrected chi connectivity index (χ3v) is 5.17. The molecule has 1 fully saturated rings. The Bertz CT molecular complexity index is 1140. The maximum Gasteiger partial charge on any atom is 0.180 e. The molecule has 29 heavy (non-hydrogen) atoms. The number of hydrogen-bond donors (Lipinski definition) is 1. The van der Waals surface area contributed by atoms with Crippen LogP contribution in [0.15, 0.2) is 61.2 Å². The summed E-state index contributed by atoms with van der Waals surface area (Å²) >= 11 is 5.92. The molecule has 1 aliphatic rings. The molecule has 0 radical (unpaired) electrons. The average Bonchev–Trinajstić information content (AvgIpc) is 3.51. The lowest BCUT2D eigenvalue weighted by atomic mass is 10.2. The van der Waals surface area contributed by atoms with Crippen LogP contribution in [0.1, 0.15) is 35.6 Å². The highest BCUT2D eigenvalue weighted by atomic mass is 35.5. The van der Waals surface area contributed by atoms with Crippen molar-refractivity contribution >= 4 is 23.1 Å². The van der Waals surface area contributed by atoms with Crippen LogP contribution in [0, 0.1) is 0 Å². The number of rotatable bonds is 7. The summed E-state index contributed by atoms with van der Waals surface area (Å²) in [5, 5.41) is 3.64. The number of halogens is 1. The van der Waals surface area contributed by atoms with Crippen molar-refractivity contribution in [3.63, 3.8) is 0 Å². The van der Waals surface area contributed by atoms with E-state index in [9.17, 15) is 0 Å². The topological polar surface area (TPSA) is 64.3 Å². The van der Waals surface area contributed by atoms with E-state index in [1.807, 2.05) is 24.4 Å². The first kappa shape index (κ1) is 17.9. The molecule has 3 aromatic heterocycles. The second-order valence-corrected chi connectivity index (χ2v) is 7.62. The number of hydrogen-bond acceptors (Lipinski definition) is 5. The van der Waals surface area contributed by atoms with Crippen LogP contribution in [-0.4, -0.2) is 19.4 Å². The van der Waals surface area contributed by atoms with Crippen molar-refractivity contribution in [2.75, 3.05) is 5.32 Å². The zero-order valence-electron chi connectivity index (χ0n) is 15.8. The molecule has 0 unspecified atom stereocenters. The molecule has 1 aromatic carbocycles. The fourth-order valence-electron chi connectivity index (χ4n) is 3.32. The van der Waals surface area contributed by atoms with Gasteiger partial charge in [-0.3, -0.25) is 0 Å². The summed E-state index contributed by atoms with van der Waals surface area (Å²) in [5.41, 5.74) is 4.16. The number of nitrogens with zero attached hydrogens (tertiary/aromatic N) is 4. The normalized spacial score (nSPS) is 13.6. The van der Waals surface area contributed by atoms with Crippen molar-refractivity contribution < 1.29 is 4.74 Å². The molecule has 1 N–H and O–H groups in total. The van der Waals surface area contributed by atoms with Gasteiger partial charge in [-0.1, -0.05) is 41.9 Å². The van der Waals surface area contributed by atoms with E-state index in [-0.39, 0.29) is 0 Å². The quantitative estimate of drug-likeness (QED) is 0.445. The van der Waals surface area contributed by atoms with Crippen LogP contribution in [-0.2, 0) is 13.2 Å². The number of benzene rings is 1. The van der Waals surface area contributed by atoms with Gasteiger partial charge in [-0.05, 0) is 36.0 Å². The van der Waals surface area contributed by atoms with Crippen molar-refractivity contribution in [1.82, 2.24) is 19.4 Å². The summed E-state index contributed by atoms with van der Waals surface area (Å²) in [6, 6.07) is 14.0. The first-order chi connectivity index (χ1) is 14.2. The van der Waals surface area contributed by atoms with Crippen molar-refractivity contribution in [2.45, 2.75) is 31.9 Å². The predicted octanol–water partition coefficient (Wildman–Crippen LogP) is 4.85. The minimum absolute atomic E-state index is 0.406. The average molecular weight is 406 g/mol. The minimum atomic E-state index is 0.406. The predicted molar refractivity (Wildman–Crippen MR) is 112 cm³/mol. The number of aromatic nitrogens is 4. The molecule has 0 spiro atoms. The van der Waals surface area contributed by atoms with Crippen LogP contribution >= 0.6 is 11.6 Å². The molecule has 0 amide bonds. The van der Waals surface area contributed by atoms with Gasteiger partial charge < -0.3 is 14.5 Å². The van der Waals surface area contributed by atoms with Gasteiger partial charge in [0.2, 0.25) is 0 Å². The lowest BCUT2D eigenvalue weighted by molar-refractivity contribution is 0.308. The maximum absolute atomic E-state index is 6.17. The summed E-state index contributed by atoms with van der Waals surface area (Å²) < 4.78 is 8.24. The van der Waals surface area contributed by atoms with Crippen molar-refractivity contribution in [3.05, 3.63) is 83.2 Å². The van der Waals surface area contributed by atoms with Crippen LogP contribution in [0.4, 0.5) is 5.82 Å². The fraction of sp³-hybridized carbons (Fsp3) is 0.227. The first-order valence-electron chi connectivity index (χ1n) is 9.64. The number of nitrogens with one attached hydrogen (secondary N) is 1. The van der Waals surface area contributed by atoms with Crippen molar-refractivity contribution in [3.8, 4) is 5.75 Å². The Morgan fingerprint density at radius 2 is 1.97 bits per heavy atom. The highest BCUT2D eigenvalue weighted by molar-refractivity contribution is 6.29. The molecule has 5 rings (SSSR count). The summed E-state index contributed by atoms with van der Waals surface area (Å²) in [4.78, 5) is 12.8. The Balaban J connectivity index is 1.40. The van der Waals surface area contributed by atoms with Gasteiger partial charge in [-0.15, -0.1) is 0 Å². The van der Waals surface area contributed by atoms with E-state index in [0.717, 1.165) is 22.7 Å². The van der Waals surface area contributed by atoms with E-state index in [4.69, 9.17) is 21.3 Å². The Morgan fingerprint density at radius 1 is 1.10 bits per heavy atom. The molecule has 0 aliphatic heterocycles. The third kappa shape index (κ3) is 4.17. The number of fused-ring (bicyclic) bond motifs is 1. The van der Waals surface area contributed by atoms with Gasteiger partial charge in [-0.25, -0.2) is 15.0 Å². The lowest BCUT2D eigenvalue weighted by Crippen LogP contribution is -2.01. The highest BCUT2D eigenvalue weighted by Gasteiger charge is 2.25. The molecular formula is C22H20ClN5O. The SMILES string of the molecule is Clc1cc(NCc2cn3cc(C4CC4)cc(OCc4ccccc4)c3n2)ncn1. The van der Waals surface area contributed by atoms with Gasteiger partial charge in [0.15, 0.2) is 11.4 Å². The van der Waals surface area contributed by atoms with Gasteiger partial charge >= 0.3 is 0 Å². The summed E-state index contributed by atoms with van der Waals surface area (Å²) in [6.45, 7) is 1.05. The van der Waals surface area contributed by atoms with Gasteiger partial charge in [0.05, 0.1) is 12.2 Å². The summed E-state index contributed by atoms with van der Waals surface area (Å²) in [7, 11) is 0. The van der Waals surface area contributed by atoms with Gasteiger partial charge in [-0.2, -0.15) is 0 Å². The number of ether oxygens (including phenoxy) is 1. The largest absolute Gasteiger partial charge is 0.485 e. The smallest absolute Gasteiger partial charge is 0.180 e. The van der Waals surface area contributed by atoms with E-state index in [1.54, 1.807) is 6.07 Å². The first-order valence-corrected chi connectivity index (χ1v) is 10.0. The lowest BCUT2D eigenvalue weighted by Gasteiger charge is -2.10. The second kappa shape index (κ2) is 7.72. The van der Waals surface area contributed by atoms with E-state index in [1.165, 1.54) is 24.7 Å². The molecule has 0 saturated heterocycles. The van der Waals surface area contributed by atoms with Crippen molar-refractivity contribution in [1.29, 1.82) is 0 Å². The fourth-order valence-corrected chi connectivity index (χ4v) is 3.46. The Kier molecular flexibility index (Phi) is 4.77. The Labute approximate surface area is 173 Å². The number of anilines is 1. The molecule has 6 nitrogen and oxygen atoms in total. The monoisotopic (exact) mass is 405 g/mol. The van der Waals surface area contributed by atoms with Crippen molar-refractivity contribution in [2.24, 2.45) is 0 Å². The van der Waals surface area contributed by atoms with Crippen LogP contribution in [0.2, 0.25) is 5.15 Å². The van der Waals surface area contributed by atoms with Gasteiger partial charge in [0, 0.05) is 18.5 Å². The van der Waals surface area contributed by atoms with E-state index >= 15 is 0 Å². The molecule has 146 valence electrons. The van der Waals surface area contributed by atoms with Crippen LogP contribution in [0.5, 0.6) is 5.75 Å². The number of imidazole rings is 1. The summed E-state index contributed by atoms with van der Waals surface area (Å²) in [5.74, 6) is 2.11. The maximum atomic E-state index is 6.17. The van der Waals surface area contributed by atoms with Gasteiger partial charge in [0.1, 0.15) is 23.9 Å². The molecular weight excluding hydrogens is 386 g/mol. The molecule has 3 heterocycles. The zero-order chi connectivity index (χ0) is 19.6. The zero-order valence-corrected chi connectivity index (χ0v) is 16.5. The number of pyridine rings is 1. The Hall–Kier alpha value is -3.12. The molecule has 7 heteroatoms. The van der Waals surface area contributed by atoms with E-state index in [2.05, 4.69) is 44.1 Å². The van der Waals surface area contributed by atoms with E-state index in [0.29, 0.717) is 30.0 Å².